The van der Waals surface area contributed by atoms with Gasteiger partial charge in [0.2, 0.25) is 5.91 Å². The molecular formula is C12H19NO2. The van der Waals surface area contributed by atoms with Crippen molar-refractivity contribution in [1.29, 1.82) is 0 Å². The van der Waals surface area contributed by atoms with Crippen LogP contribution in [-0.4, -0.2) is 25.2 Å². The van der Waals surface area contributed by atoms with Crippen LogP contribution in [0.25, 0.3) is 0 Å². The quantitative estimate of drug-likeness (QED) is 0.709. The molecule has 1 heterocycles. The highest BCUT2D eigenvalue weighted by Crippen LogP contribution is 2.15. The Kier molecular flexibility index (Phi) is 5.20. The smallest absolute Gasteiger partial charge is 0.224 e. The van der Waals surface area contributed by atoms with E-state index in [1.54, 1.807) is 0 Å². The zero-order chi connectivity index (χ0) is 11.1. The topological polar surface area (TPSA) is 38.3 Å². The Bertz CT molecular complexity index is 238. The van der Waals surface area contributed by atoms with Crippen molar-refractivity contribution in [3.05, 3.63) is 0 Å². The highest BCUT2D eigenvalue weighted by atomic mass is 16.5. The van der Waals surface area contributed by atoms with E-state index in [1.165, 1.54) is 0 Å². The summed E-state index contributed by atoms with van der Waals surface area (Å²) in [5.74, 6) is 2.79. The molecule has 1 fully saturated rings. The van der Waals surface area contributed by atoms with Crippen LogP contribution < -0.4 is 5.32 Å². The highest BCUT2D eigenvalue weighted by Gasteiger charge is 2.22. The number of nitrogens with one attached hydrogen (secondary N) is 1. The van der Waals surface area contributed by atoms with Crippen molar-refractivity contribution in [3.63, 3.8) is 0 Å². The number of hydrogen-bond acceptors (Lipinski definition) is 2. The number of terminal acetylenes is 1. The summed E-state index contributed by atoms with van der Waals surface area (Å²) in [5.41, 5.74) is 0. The van der Waals surface area contributed by atoms with Crippen LogP contribution in [0.15, 0.2) is 0 Å². The lowest BCUT2D eigenvalue weighted by molar-refractivity contribution is -0.128. The minimum Gasteiger partial charge on any atom is -0.381 e. The number of carbonyl (C=O) groups excluding carboxylic acids is 1. The first kappa shape index (κ1) is 12.1. The maximum Gasteiger partial charge on any atom is 0.224 e. The molecule has 1 N–H and O–H groups in total. The van der Waals surface area contributed by atoms with Crippen molar-refractivity contribution >= 4 is 5.91 Å². The van der Waals surface area contributed by atoms with Gasteiger partial charge >= 0.3 is 0 Å². The molecule has 0 saturated carbocycles. The van der Waals surface area contributed by atoms with Gasteiger partial charge in [-0.05, 0) is 19.3 Å². The van der Waals surface area contributed by atoms with Crippen molar-refractivity contribution in [1.82, 2.24) is 5.32 Å². The van der Waals surface area contributed by atoms with Gasteiger partial charge in [-0.25, -0.2) is 0 Å². The summed E-state index contributed by atoms with van der Waals surface area (Å²) in [5, 5.41) is 2.91. The first-order chi connectivity index (χ1) is 7.27. The van der Waals surface area contributed by atoms with Gasteiger partial charge in [-0.15, -0.1) is 6.42 Å². The molecule has 1 rings (SSSR count). The van der Waals surface area contributed by atoms with Gasteiger partial charge < -0.3 is 10.1 Å². The van der Waals surface area contributed by atoms with Gasteiger partial charge in [0.05, 0.1) is 6.04 Å². The maximum absolute atomic E-state index is 11.8. The van der Waals surface area contributed by atoms with Gasteiger partial charge in [-0.2, -0.15) is 0 Å². The molecule has 0 aromatic heterocycles. The van der Waals surface area contributed by atoms with Gasteiger partial charge in [0.25, 0.3) is 0 Å². The van der Waals surface area contributed by atoms with Crippen LogP contribution in [0.3, 0.4) is 0 Å². The van der Waals surface area contributed by atoms with E-state index >= 15 is 0 Å². The molecule has 15 heavy (non-hydrogen) atoms. The van der Waals surface area contributed by atoms with E-state index in [0.29, 0.717) is 13.2 Å². The molecule has 1 aliphatic heterocycles. The van der Waals surface area contributed by atoms with Crippen molar-refractivity contribution in [3.8, 4) is 12.3 Å². The van der Waals surface area contributed by atoms with Crippen molar-refractivity contribution in [2.45, 2.75) is 38.6 Å². The van der Waals surface area contributed by atoms with Crippen LogP contribution in [0.1, 0.15) is 32.6 Å². The van der Waals surface area contributed by atoms with Gasteiger partial charge in [0.1, 0.15) is 0 Å². The third kappa shape index (κ3) is 3.93. The molecule has 0 radical (unpaired) electrons. The van der Waals surface area contributed by atoms with Crippen LogP contribution in [0.5, 0.6) is 0 Å². The summed E-state index contributed by atoms with van der Waals surface area (Å²) in [7, 11) is 0. The third-order valence-electron chi connectivity index (χ3n) is 2.69. The van der Waals surface area contributed by atoms with Crippen LogP contribution in [0.4, 0.5) is 0 Å². The molecule has 1 amide bonds. The van der Waals surface area contributed by atoms with Crippen LogP contribution in [0, 0.1) is 18.3 Å². The van der Waals surface area contributed by atoms with Crippen LogP contribution in [0.2, 0.25) is 0 Å². The van der Waals surface area contributed by atoms with Crippen molar-refractivity contribution < 1.29 is 9.53 Å². The molecule has 0 aromatic carbocycles. The van der Waals surface area contributed by atoms with E-state index in [2.05, 4.69) is 18.2 Å². The minimum atomic E-state index is -0.106. The van der Waals surface area contributed by atoms with E-state index in [-0.39, 0.29) is 17.9 Å². The van der Waals surface area contributed by atoms with Gasteiger partial charge in [0, 0.05) is 19.1 Å². The number of ether oxygens (including phenoxy) is 1. The average Bonchev–Trinajstić information content (AvgIpc) is 2.29. The number of carbonyl (C=O) groups is 1. The fraction of sp³-hybridized carbons (Fsp3) is 0.750. The zero-order valence-electron chi connectivity index (χ0n) is 9.29. The molecule has 3 nitrogen and oxygen atoms in total. The molecular weight excluding hydrogens is 190 g/mol. The Hall–Kier alpha value is -1.01. The second kappa shape index (κ2) is 6.47. The highest BCUT2D eigenvalue weighted by molar-refractivity contribution is 5.79. The predicted molar refractivity (Wildman–Crippen MR) is 59.2 cm³/mol. The maximum atomic E-state index is 11.8. The molecule has 0 aliphatic carbocycles. The summed E-state index contributed by atoms with van der Waals surface area (Å²) in [6.07, 6.45) is 8.82. The summed E-state index contributed by atoms with van der Waals surface area (Å²) in [4.78, 5) is 11.8. The molecule has 1 aliphatic rings. The average molecular weight is 209 g/mol. The largest absolute Gasteiger partial charge is 0.381 e. The lowest BCUT2D eigenvalue weighted by Crippen LogP contribution is -2.40. The van der Waals surface area contributed by atoms with E-state index in [1.807, 2.05) is 0 Å². The van der Waals surface area contributed by atoms with E-state index in [9.17, 15) is 4.79 Å². The van der Waals surface area contributed by atoms with Crippen molar-refractivity contribution in [2.24, 2.45) is 5.92 Å². The Morgan fingerprint density at radius 1 is 1.60 bits per heavy atom. The molecule has 1 saturated heterocycles. The van der Waals surface area contributed by atoms with Crippen LogP contribution >= 0.6 is 0 Å². The Morgan fingerprint density at radius 2 is 2.27 bits per heavy atom. The van der Waals surface area contributed by atoms with E-state index in [0.717, 1.165) is 25.7 Å². The van der Waals surface area contributed by atoms with Gasteiger partial charge in [0.15, 0.2) is 0 Å². The number of amides is 1. The second-order valence-electron chi connectivity index (χ2n) is 3.90. The fourth-order valence-corrected chi connectivity index (χ4v) is 1.74. The van der Waals surface area contributed by atoms with Crippen LogP contribution in [-0.2, 0) is 9.53 Å². The third-order valence-corrected chi connectivity index (χ3v) is 2.69. The standard InChI is InChI=1S/C12H19NO2/c1-3-5-11(4-2)13-12(14)10-6-8-15-9-7-10/h2,10-11H,3,5-9H2,1H3,(H,13,14). The lowest BCUT2D eigenvalue weighted by Gasteiger charge is -2.23. The summed E-state index contributed by atoms with van der Waals surface area (Å²) in [6, 6.07) is -0.106. The monoisotopic (exact) mass is 209 g/mol. The first-order valence-electron chi connectivity index (χ1n) is 5.62. The minimum absolute atomic E-state index is 0.0893. The first-order valence-corrected chi connectivity index (χ1v) is 5.62. The van der Waals surface area contributed by atoms with Gasteiger partial charge in [-0.3, -0.25) is 4.79 Å². The normalized spacial score (nSPS) is 19.2. The molecule has 0 aromatic rings. The lowest BCUT2D eigenvalue weighted by atomic mass is 9.99. The molecule has 0 bridgehead atoms. The predicted octanol–water partition coefficient (Wildman–Crippen LogP) is 1.33. The molecule has 3 heteroatoms. The summed E-state index contributed by atoms with van der Waals surface area (Å²) >= 11 is 0. The second-order valence-corrected chi connectivity index (χ2v) is 3.90. The Morgan fingerprint density at radius 3 is 2.80 bits per heavy atom. The van der Waals surface area contributed by atoms with E-state index in [4.69, 9.17) is 11.2 Å². The van der Waals surface area contributed by atoms with Crippen molar-refractivity contribution in [2.75, 3.05) is 13.2 Å². The van der Waals surface area contributed by atoms with E-state index < -0.39 is 0 Å². The van der Waals surface area contributed by atoms with Gasteiger partial charge in [-0.1, -0.05) is 19.3 Å². The number of hydrogen-bond donors (Lipinski definition) is 1. The molecule has 1 atom stereocenters. The SMILES string of the molecule is C#CC(CCC)NC(=O)C1CCOCC1. The molecule has 1 unspecified atom stereocenters. The number of rotatable bonds is 4. The Labute approximate surface area is 91.6 Å². The molecule has 84 valence electrons. The zero-order valence-corrected chi connectivity index (χ0v) is 9.29. The summed E-state index contributed by atoms with van der Waals surface area (Å²) < 4.78 is 5.21. The fourth-order valence-electron chi connectivity index (χ4n) is 1.74. The summed E-state index contributed by atoms with van der Waals surface area (Å²) in [6.45, 7) is 3.43. The Balaban J connectivity index is 2.36. The molecule has 0 spiro atoms.